The minimum absolute atomic E-state index is 0.284. The van der Waals surface area contributed by atoms with Crippen LogP contribution in [0.5, 0.6) is 0 Å². The highest BCUT2D eigenvalue weighted by atomic mass is 19.4. The Labute approximate surface area is 110 Å². The number of halogens is 3. The van der Waals surface area contributed by atoms with E-state index in [0.29, 0.717) is 18.3 Å². The highest BCUT2D eigenvalue weighted by Gasteiger charge is 2.32. The molecule has 1 saturated heterocycles. The maximum atomic E-state index is 12.9. The average molecular weight is 273 g/mol. The van der Waals surface area contributed by atoms with Gasteiger partial charge in [0.1, 0.15) is 11.6 Å². The summed E-state index contributed by atoms with van der Waals surface area (Å²) in [6.07, 6.45) is -3.35. The van der Waals surface area contributed by atoms with Crippen molar-refractivity contribution in [1.82, 2.24) is 4.98 Å². The van der Waals surface area contributed by atoms with Gasteiger partial charge >= 0.3 is 6.18 Å². The van der Waals surface area contributed by atoms with Gasteiger partial charge in [-0.1, -0.05) is 6.92 Å². The smallest absolute Gasteiger partial charge is 0.370 e. The van der Waals surface area contributed by atoms with Gasteiger partial charge < -0.3 is 10.2 Å². The van der Waals surface area contributed by atoms with Crippen molar-refractivity contribution >= 4 is 11.6 Å². The first-order valence-electron chi connectivity index (χ1n) is 6.48. The molecule has 2 heterocycles. The molecule has 1 aromatic rings. The molecule has 6 heteroatoms. The lowest BCUT2D eigenvalue weighted by Crippen LogP contribution is -2.22. The third-order valence-electron chi connectivity index (χ3n) is 3.24. The Kier molecular flexibility index (Phi) is 3.87. The molecular weight excluding hydrogens is 255 g/mol. The summed E-state index contributed by atoms with van der Waals surface area (Å²) in [7, 11) is 0. The molecule has 1 aliphatic rings. The van der Waals surface area contributed by atoms with E-state index in [1.807, 2.05) is 11.8 Å². The van der Waals surface area contributed by atoms with Crippen LogP contribution in [0.15, 0.2) is 12.1 Å². The number of aromatic nitrogens is 1. The molecule has 1 aromatic heterocycles. The van der Waals surface area contributed by atoms with E-state index in [1.165, 1.54) is 0 Å². The fourth-order valence-corrected chi connectivity index (χ4v) is 2.26. The third kappa shape index (κ3) is 3.30. The minimum atomic E-state index is -4.34. The van der Waals surface area contributed by atoms with Crippen LogP contribution >= 0.6 is 0 Å². The molecule has 0 aromatic carbocycles. The van der Waals surface area contributed by atoms with Gasteiger partial charge in [0, 0.05) is 19.6 Å². The highest BCUT2D eigenvalue weighted by molar-refractivity contribution is 5.51. The van der Waals surface area contributed by atoms with Crippen molar-refractivity contribution < 1.29 is 13.2 Å². The zero-order chi connectivity index (χ0) is 14.0. The maximum Gasteiger partial charge on any atom is 0.416 e. The van der Waals surface area contributed by atoms with Crippen molar-refractivity contribution in [3.05, 3.63) is 17.7 Å². The van der Waals surface area contributed by atoms with E-state index in [9.17, 15) is 13.2 Å². The predicted molar refractivity (Wildman–Crippen MR) is 69.4 cm³/mol. The van der Waals surface area contributed by atoms with Crippen molar-refractivity contribution in [3.8, 4) is 0 Å². The summed E-state index contributed by atoms with van der Waals surface area (Å²) in [4.78, 5) is 6.19. The number of rotatable bonds is 3. The van der Waals surface area contributed by atoms with Crippen molar-refractivity contribution in [2.24, 2.45) is 5.92 Å². The molecule has 0 bridgehead atoms. The average Bonchev–Trinajstić information content (AvgIpc) is 2.75. The first kappa shape index (κ1) is 14.0. The molecule has 1 atom stereocenters. The molecule has 1 N–H and O–H groups in total. The van der Waals surface area contributed by atoms with E-state index in [0.717, 1.165) is 31.6 Å². The first-order valence-corrected chi connectivity index (χ1v) is 6.48. The Bertz CT molecular complexity index is 445. The molecule has 1 fully saturated rings. The molecule has 0 saturated carbocycles. The van der Waals surface area contributed by atoms with Crippen LogP contribution in [0.25, 0.3) is 0 Å². The van der Waals surface area contributed by atoms with Gasteiger partial charge in [-0.2, -0.15) is 13.2 Å². The number of alkyl halides is 3. The molecule has 19 heavy (non-hydrogen) atoms. The van der Waals surface area contributed by atoms with Crippen LogP contribution in [0, 0.1) is 5.92 Å². The molecule has 1 aliphatic heterocycles. The molecule has 1 unspecified atom stereocenters. The predicted octanol–water partition coefficient (Wildman–Crippen LogP) is 3.38. The van der Waals surface area contributed by atoms with E-state index in [2.05, 4.69) is 17.2 Å². The SMILES string of the molecule is CCNc1cc(C(F)(F)F)cc(N2CCC(C)C2)n1. The second-order valence-electron chi connectivity index (χ2n) is 4.97. The van der Waals surface area contributed by atoms with Crippen molar-refractivity contribution in [3.63, 3.8) is 0 Å². The number of anilines is 2. The lowest BCUT2D eigenvalue weighted by Gasteiger charge is -2.20. The van der Waals surface area contributed by atoms with E-state index in [1.54, 1.807) is 0 Å². The second kappa shape index (κ2) is 5.27. The van der Waals surface area contributed by atoms with Gasteiger partial charge in [0.05, 0.1) is 5.56 Å². The fourth-order valence-electron chi connectivity index (χ4n) is 2.26. The van der Waals surface area contributed by atoms with Crippen LogP contribution in [0.1, 0.15) is 25.8 Å². The van der Waals surface area contributed by atoms with Crippen LogP contribution in [0.3, 0.4) is 0 Å². The van der Waals surface area contributed by atoms with Gasteiger partial charge in [-0.3, -0.25) is 0 Å². The number of hydrogen-bond donors (Lipinski definition) is 1. The van der Waals surface area contributed by atoms with Gasteiger partial charge in [-0.25, -0.2) is 4.98 Å². The molecule has 106 valence electrons. The Hall–Kier alpha value is -1.46. The topological polar surface area (TPSA) is 28.2 Å². The minimum Gasteiger partial charge on any atom is -0.370 e. The number of pyridine rings is 1. The molecule has 0 amide bonds. The molecular formula is C13H18F3N3. The van der Waals surface area contributed by atoms with Gasteiger partial charge in [-0.15, -0.1) is 0 Å². The standard InChI is InChI=1S/C13H18F3N3/c1-3-17-11-6-10(13(14,15)16)7-12(18-11)19-5-4-9(2)8-19/h6-7,9H,3-5,8H2,1-2H3,(H,17,18). The van der Waals surface area contributed by atoms with Crippen molar-refractivity contribution in [2.45, 2.75) is 26.4 Å². The number of nitrogens with one attached hydrogen (secondary N) is 1. The summed E-state index contributed by atoms with van der Waals surface area (Å²) >= 11 is 0. The largest absolute Gasteiger partial charge is 0.416 e. The van der Waals surface area contributed by atoms with Crippen molar-refractivity contribution in [1.29, 1.82) is 0 Å². The highest BCUT2D eigenvalue weighted by Crippen LogP contribution is 2.34. The summed E-state index contributed by atoms with van der Waals surface area (Å²) < 4.78 is 38.6. The summed E-state index contributed by atoms with van der Waals surface area (Å²) in [5.74, 6) is 1.20. The van der Waals surface area contributed by atoms with Crippen LogP contribution in [0.4, 0.5) is 24.8 Å². The normalized spacial score (nSPS) is 19.8. The van der Waals surface area contributed by atoms with Gasteiger partial charge in [-0.05, 0) is 31.4 Å². The third-order valence-corrected chi connectivity index (χ3v) is 3.24. The lowest BCUT2D eigenvalue weighted by atomic mass is 10.2. The van der Waals surface area contributed by atoms with Crippen LogP contribution in [-0.2, 0) is 6.18 Å². The molecule has 0 radical (unpaired) electrons. The maximum absolute atomic E-state index is 12.9. The van der Waals surface area contributed by atoms with E-state index < -0.39 is 11.7 Å². The molecule has 0 aliphatic carbocycles. The quantitative estimate of drug-likeness (QED) is 0.915. The summed E-state index contributed by atoms with van der Waals surface area (Å²) in [6.45, 7) is 6.00. The number of nitrogens with zero attached hydrogens (tertiary/aromatic N) is 2. The van der Waals surface area contributed by atoms with Gasteiger partial charge in [0.2, 0.25) is 0 Å². The van der Waals surface area contributed by atoms with Crippen LogP contribution < -0.4 is 10.2 Å². The lowest BCUT2D eigenvalue weighted by molar-refractivity contribution is -0.137. The summed E-state index contributed by atoms with van der Waals surface area (Å²) in [6, 6.07) is 2.20. The molecule has 2 rings (SSSR count). The Balaban J connectivity index is 2.34. The Morgan fingerprint density at radius 1 is 1.42 bits per heavy atom. The number of hydrogen-bond acceptors (Lipinski definition) is 3. The fraction of sp³-hybridized carbons (Fsp3) is 0.615. The first-order chi connectivity index (χ1) is 8.90. The van der Waals surface area contributed by atoms with Crippen LogP contribution in [-0.4, -0.2) is 24.6 Å². The van der Waals surface area contributed by atoms with Gasteiger partial charge in [0.15, 0.2) is 0 Å². The second-order valence-corrected chi connectivity index (χ2v) is 4.97. The van der Waals surface area contributed by atoms with E-state index in [-0.39, 0.29) is 5.82 Å². The molecule has 0 spiro atoms. The van der Waals surface area contributed by atoms with Gasteiger partial charge in [0.25, 0.3) is 0 Å². The van der Waals surface area contributed by atoms with Crippen molar-refractivity contribution in [2.75, 3.05) is 29.9 Å². The van der Waals surface area contributed by atoms with E-state index in [4.69, 9.17) is 0 Å². The van der Waals surface area contributed by atoms with Crippen LogP contribution in [0.2, 0.25) is 0 Å². The molecule has 3 nitrogen and oxygen atoms in total. The Morgan fingerprint density at radius 3 is 2.68 bits per heavy atom. The zero-order valence-corrected chi connectivity index (χ0v) is 11.1. The summed E-state index contributed by atoms with van der Waals surface area (Å²) in [5, 5.41) is 2.86. The Morgan fingerprint density at radius 2 is 2.16 bits per heavy atom. The zero-order valence-electron chi connectivity index (χ0n) is 11.1. The van der Waals surface area contributed by atoms with E-state index >= 15 is 0 Å². The summed E-state index contributed by atoms with van der Waals surface area (Å²) in [5.41, 5.74) is -0.645. The monoisotopic (exact) mass is 273 g/mol.